The summed E-state index contributed by atoms with van der Waals surface area (Å²) < 4.78 is 0. The highest BCUT2D eigenvalue weighted by molar-refractivity contribution is 5.97. The van der Waals surface area contributed by atoms with Gasteiger partial charge in [-0.1, -0.05) is 76.2 Å². The molecule has 0 aliphatic carbocycles. The molecule has 0 spiro atoms. The van der Waals surface area contributed by atoms with Crippen LogP contribution in [-0.2, 0) is 46.4 Å². The van der Waals surface area contributed by atoms with E-state index in [-0.39, 0.29) is 38.1 Å². The van der Waals surface area contributed by atoms with Crippen molar-refractivity contribution in [3.05, 3.63) is 71.9 Å². The number of aromatic amines is 1. The number of aliphatic hydroxyl groups is 1. The van der Waals surface area contributed by atoms with Crippen LogP contribution in [0.5, 0.6) is 0 Å². The number of carbonyl (C=O) groups is 7. The smallest absolute Gasteiger partial charge is 0.245 e. The SMILES string of the molecule is CC(C)C1NC(=O)C(Cc2ccccc2)NC(=O)[C@@H](C(C)C)NC(=O)[C@@H](C)NC(=O)[C@@H](Cc2c[nH]c3ccccc23)NC(=O)[C@@H](CO)NC(=O)CCCNC1=O. The van der Waals surface area contributed by atoms with E-state index in [0.717, 1.165) is 16.5 Å². The Morgan fingerprint density at radius 1 is 0.625 bits per heavy atom. The van der Waals surface area contributed by atoms with Crippen LogP contribution in [0.1, 0.15) is 58.6 Å². The third-order valence-corrected chi connectivity index (χ3v) is 9.61. The van der Waals surface area contributed by atoms with Crippen molar-refractivity contribution >= 4 is 52.3 Å². The minimum atomic E-state index is -1.41. The fraction of sp³-hybridized carbons (Fsp3) is 0.475. The molecular weight excluding hydrogens is 720 g/mol. The number of benzene rings is 2. The summed E-state index contributed by atoms with van der Waals surface area (Å²) in [5.74, 6) is -5.41. The third kappa shape index (κ3) is 11.9. The summed E-state index contributed by atoms with van der Waals surface area (Å²) in [6, 6.07) is 9.28. The number of amides is 7. The predicted molar refractivity (Wildman–Crippen MR) is 208 cm³/mol. The van der Waals surface area contributed by atoms with E-state index in [9.17, 15) is 38.7 Å². The molecule has 9 N–H and O–H groups in total. The number of para-hydroxylation sites is 1. The van der Waals surface area contributed by atoms with E-state index in [1.807, 2.05) is 30.3 Å². The van der Waals surface area contributed by atoms with E-state index < -0.39 is 90.1 Å². The second-order valence-electron chi connectivity index (χ2n) is 14.8. The number of hydrogen-bond acceptors (Lipinski definition) is 8. The zero-order chi connectivity index (χ0) is 40.9. The molecule has 1 aliphatic rings. The Hall–Kier alpha value is -5.77. The lowest BCUT2D eigenvalue weighted by atomic mass is 9.99. The highest BCUT2D eigenvalue weighted by atomic mass is 16.3. The Kier molecular flexibility index (Phi) is 15.5. The van der Waals surface area contributed by atoms with E-state index in [0.29, 0.717) is 5.56 Å². The van der Waals surface area contributed by atoms with Crippen molar-refractivity contribution in [2.24, 2.45) is 11.8 Å². The van der Waals surface area contributed by atoms with Gasteiger partial charge >= 0.3 is 0 Å². The van der Waals surface area contributed by atoms with Gasteiger partial charge < -0.3 is 47.3 Å². The maximum absolute atomic E-state index is 13.9. The number of rotatable bonds is 7. The molecule has 16 heteroatoms. The maximum Gasteiger partial charge on any atom is 0.245 e. The van der Waals surface area contributed by atoms with Gasteiger partial charge in [0.2, 0.25) is 41.4 Å². The first-order valence-corrected chi connectivity index (χ1v) is 19.0. The number of aliphatic hydroxyl groups excluding tert-OH is 1. The van der Waals surface area contributed by atoms with Crippen LogP contribution in [-0.4, -0.2) is 101 Å². The highest BCUT2D eigenvalue weighted by Gasteiger charge is 2.34. The molecule has 56 heavy (non-hydrogen) atoms. The third-order valence-electron chi connectivity index (χ3n) is 9.61. The summed E-state index contributed by atoms with van der Waals surface area (Å²) in [5.41, 5.74) is 2.23. The van der Waals surface area contributed by atoms with Gasteiger partial charge in [-0.05, 0) is 42.4 Å². The van der Waals surface area contributed by atoms with Crippen LogP contribution in [0.15, 0.2) is 60.8 Å². The number of fused-ring (bicyclic) bond motifs is 1. The number of H-pyrrole nitrogens is 1. The van der Waals surface area contributed by atoms with Gasteiger partial charge in [0, 0.05) is 42.9 Å². The van der Waals surface area contributed by atoms with Crippen molar-refractivity contribution in [1.29, 1.82) is 0 Å². The molecule has 1 aromatic heterocycles. The highest BCUT2D eigenvalue weighted by Crippen LogP contribution is 2.19. The normalized spacial score (nSPS) is 24.4. The van der Waals surface area contributed by atoms with Gasteiger partial charge in [0.15, 0.2) is 0 Å². The molecule has 7 amide bonds. The number of nitrogens with one attached hydrogen (secondary N) is 8. The quantitative estimate of drug-likeness (QED) is 0.159. The van der Waals surface area contributed by atoms with Crippen molar-refractivity contribution in [3.63, 3.8) is 0 Å². The summed E-state index contributed by atoms with van der Waals surface area (Å²) in [6.45, 7) is 7.66. The Balaban J connectivity index is 1.65. The largest absolute Gasteiger partial charge is 0.394 e. The molecule has 2 heterocycles. The van der Waals surface area contributed by atoms with E-state index in [4.69, 9.17) is 0 Å². The monoisotopic (exact) mass is 774 g/mol. The lowest BCUT2D eigenvalue weighted by Gasteiger charge is -2.28. The molecule has 302 valence electrons. The molecule has 0 radical (unpaired) electrons. The van der Waals surface area contributed by atoms with Gasteiger partial charge in [0.05, 0.1) is 6.61 Å². The van der Waals surface area contributed by atoms with E-state index in [1.165, 1.54) is 6.92 Å². The first-order valence-electron chi connectivity index (χ1n) is 19.0. The van der Waals surface area contributed by atoms with Gasteiger partial charge in [-0.3, -0.25) is 33.6 Å². The van der Waals surface area contributed by atoms with Gasteiger partial charge in [-0.2, -0.15) is 0 Å². The molecule has 4 rings (SSSR count). The Morgan fingerprint density at radius 3 is 1.88 bits per heavy atom. The van der Waals surface area contributed by atoms with Gasteiger partial charge in [0.1, 0.15) is 36.3 Å². The lowest BCUT2D eigenvalue weighted by Crippen LogP contribution is -2.61. The van der Waals surface area contributed by atoms with E-state index in [1.54, 1.807) is 58.2 Å². The van der Waals surface area contributed by atoms with Crippen LogP contribution < -0.4 is 37.2 Å². The summed E-state index contributed by atoms with van der Waals surface area (Å²) in [4.78, 5) is 97.8. The standard InChI is InChI=1S/C40H54N8O8/c1-22(2)33-39(55)41-17-11-16-32(50)44-31(21-49)38(54)45-30(19-26-20-42-28-15-10-9-14-27(26)28)36(52)43-24(5)35(51)47-34(23(3)4)40(56)46-29(37(53)48-33)18-25-12-7-6-8-13-25/h6-10,12-15,20,22-24,29-31,33-34,42,49H,11,16-19,21H2,1-5H3,(H,41,55)(H,43,52)(H,44,50)(H,45,54)(H,46,56)(H,47,51)(H,48,53)/t24-,29?,30-,31-,33?,34-/m1/s1. The zero-order valence-electron chi connectivity index (χ0n) is 32.4. The van der Waals surface area contributed by atoms with Gasteiger partial charge in [-0.25, -0.2) is 0 Å². The average Bonchev–Trinajstić information content (AvgIpc) is 3.57. The van der Waals surface area contributed by atoms with Crippen molar-refractivity contribution in [3.8, 4) is 0 Å². The summed E-state index contributed by atoms with van der Waals surface area (Å²) in [5, 5.41) is 29.6. The molecule has 6 atom stereocenters. The second-order valence-corrected chi connectivity index (χ2v) is 14.8. The number of aromatic nitrogens is 1. The molecule has 0 saturated carbocycles. The molecule has 2 aromatic carbocycles. The van der Waals surface area contributed by atoms with Crippen molar-refractivity contribution in [2.75, 3.05) is 13.2 Å². The van der Waals surface area contributed by atoms with Crippen LogP contribution >= 0.6 is 0 Å². The second kappa shape index (κ2) is 20.2. The Labute approximate surface area is 326 Å². The molecule has 1 saturated heterocycles. The first-order chi connectivity index (χ1) is 26.7. The summed E-state index contributed by atoms with van der Waals surface area (Å²) in [7, 11) is 0. The van der Waals surface area contributed by atoms with Crippen LogP contribution in [0.3, 0.4) is 0 Å². The average molecular weight is 775 g/mol. The van der Waals surface area contributed by atoms with Crippen molar-refractivity contribution in [2.45, 2.75) is 96.6 Å². The van der Waals surface area contributed by atoms with Crippen molar-refractivity contribution < 1.29 is 38.7 Å². The molecule has 2 unspecified atom stereocenters. The summed E-state index contributed by atoms with van der Waals surface area (Å²) >= 11 is 0. The van der Waals surface area contributed by atoms with E-state index >= 15 is 0 Å². The minimum absolute atomic E-state index is 0.0129. The Morgan fingerprint density at radius 2 is 1.20 bits per heavy atom. The first kappa shape index (κ1) is 43.0. The zero-order valence-corrected chi connectivity index (χ0v) is 32.4. The fourth-order valence-electron chi connectivity index (χ4n) is 6.34. The molecule has 1 fully saturated rings. The predicted octanol–water partition coefficient (Wildman–Crippen LogP) is 0.0961. The fourth-order valence-corrected chi connectivity index (χ4v) is 6.34. The maximum atomic E-state index is 13.9. The van der Waals surface area contributed by atoms with Crippen LogP contribution in [0.2, 0.25) is 0 Å². The van der Waals surface area contributed by atoms with Gasteiger partial charge in [-0.15, -0.1) is 0 Å². The molecule has 3 aromatic rings. The summed E-state index contributed by atoms with van der Waals surface area (Å²) in [6.07, 6.45) is 1.83. The van der Waals surface area contributed by atoms with Crippen molar-refractivity contribution in [1.82, 2.24) is 42.2 Å². The number of carbonyl (C=O) groups excluding carboxylic acids is 7. The van der Waals surface area contributed by atoms with Crippen LogP contribution in [0, 0.1) is 11.8 Å². The minimum Gasteiger partial charge on any atom is -0.394 e. The molecule has 1 aliphatic heterocycles. The van der Waals surface area contributed by atoms with E-state index in [2.05, 4.69) is 42.2 Å². The molecule has 16 nitrogen and oxygen atoms in total. The lowest BCUT2D eigenvalue weighted by molar-refractivity contribution is -0.136. The topological polar surface area (TPSA) is 240 Å². The molecule has 0 bridgehead atoms. The van der Waals surface area contributed by atoms with Crippen LogP contribution in [0.4, 0.5) is 0 Å². The van der Waals surface area contributed by atoms with Gasteiger partial charge in [0.25, 0.3) is 0 Å². The molecular formula is C40H54N8O8. The Bertz CT molecular complexity index is 1860. The van der Waals surface area contributed by atoms with Crippen LogP contribution in [0.25, 0.3) is 10.9 Å². The number of hydrogen-bond donors (Lipinski definition) is 9.